The number of benzene rings is 1. The van der Waals surface area contributed by atoms with E-state index in [9.17, 15) is 13.6 Å². The number of hydrogen-bond acceptors (Lipinski definition) is 3. The maximum absolute atomic E-state index is 13.8. The first-order chi connectivity index (χ1) is 11.5. The van der Waals surface area contributed by atoms with Crippen LogP contribution in [0.15, 0.2) is 18.2 Å². The van der Waals surface area contributed by atoms with Crippen LogP contribution in [-0.2, 0) is 16.0 Å². The van der Waals surface area contributed by atoms with E-state index in [1.54, 1.807) is 16.7 Å². The van der Waals surface area contributed by atoms with Crippen LogP contribution in [0.25, 0.3) is 10.9 Å². The second kappa shape index (κ2) is 7.07. The minimum Gasteiger partial charge on any atom is -0.465 e. The van der Waals surface area contributed by atoms with Crippen molar-refractivity contribution >= 4 is 28.5 Å². The van der Waals surface area contributed by atoms with Gasteiger partial charge in [-0.3, -0.25) is 0 Å². The normalized spacial score (nSPS) is 16.0. The second-order valence-electron chi connectivity index (χ2n) is 5.88. The predicted octanol–water partition coefficient (Wildman–Crippen LogP) is 4.45. The lowest BCUT2D eigenvalue weighted by molar-refractivity contribution is 0.0567. The van der Waals surface area contributed by atoms with E-state index in [1.165, 1.54) is 13.2 Å². The number of carbonyl (C=O) groups excluding carboxylic acids is 1. The van der Waals surface area contributed by atoms with Gasteiger partial charge in [-0.25, -0.2) is 13.6 Å². The predicted molar refractivity (Wildman–Crippen MR) is 86.8 cm³/mol. The number of rotatable bonds is 4. The number of nitrogens with zero attached hydrogens (tertiary/aromatic N) is 1. The van der Waals surface area contributed by atoms with Crippen molar-refractivity contribution in [2.45, 2.75) is 25.8 Å². The fourth-order valence-electron chi connectivity index (χ4n) is 3.27. The summed E-state index contributed by atoms with van der Waals surface area (Å²) in [7, 11) is 1.18. The first-order valence-corrected chi connectivity index (χ1v) is 8.16. The first-order valence-electron chi connectivity index (χ1n) is 7.78. The summed E-state index contributed by atoms with van der Waals surface area (Å²) in [4.78, 5) is 12.1. The molecule has 0 amide bonds. The van der Waals surface area contributed by atoms with Crippen LogP contribution < -0.4 is 0 Å². The van der Waals surface area contributed by atoms with E-state index in [1.807, 2.05) is 0 Å². The average Bonchev–Trinajstić information content (AvgIpc) is 2.88. The number of halogens is 3. The van der Waals surface area contributed by atoms with Crippen LogP contribution in [0.3, 0.4) is 0 Å². The first kappa shape index (κ1) is 17.2. The zero-order valence-corrected chi connectivity index (χ0v) is 14.0. The van der Waals surface area contributed by atoms with Crippen LogP contribution in [0.1, 0.15) is 35.3 Å². The molecule has 1 saturated heterocycles. The summed E-state index contributed by atoms with van der Waals surface area (Å²) in [5.41, 5.74) is 0.171. The molecule has 1 aromatic heterocycles. The fourth-order valence-corrected chi connectivity index (χ4v) is 3.45. The molecule has 24 heavy (non-hydrogen) atoms. The van der Waals surface area contributed by atoms with Crippen molar-refractivity contribution in [3.8, 4) is 0 Å². The van der Waals surface area contributed by atoms with Gasteiger partial charge in [0.25, 0.3) is 6.43 Å². The van der Waals surface area contributed by atoms with Crippen molar-refractivity contribution in [3.63, 3.8) is 0 Å². The van der Waals surface area contributed by atoms with Crippen molar-refractivity contribution in [2.75, 3.05) is 20.3 Å². The van der Waals surface area contributed by atoms with Crippen LogP contribution in [-0.4, -0.2) is 30.9 Å². The molecule has 1 aliphatic heterocycles. The zero-order valence-electron chi connectivity index (χ0n) is 13.2. The molecule has 0 unspecified atom stereocenters. The zero-order chi connectivity index (χ0) is 17.3. The summed E-state index contributed by atoms with van der Waals surface area (Å²) >= 11 is 6.01. The third kappa shape index (κ3) is 3.13. The molecule has 1 aliphatic rings. The molecule has 1 aromatic carbocycles. The van der Waals surface area contributed by atoms with E-state index in [-0.39, 0.29) is 17.2 Å². The van der Waals surface area contributed by atoms with E-state index >= 15 is 0 Å². The van der Waals surface area contributed by atoms with Crippen LogP contribution in [0, 0.1) is 5.92 Å². The summed E-state index contributed by atoms with van der Waals surface area (Å²) in [6.07, 6.45) is -1.17. The van der Waals surface area contributed by atoms with Crippen LogP contribution in [0.4, 0.5) is 8.78 Å². The lowest BCUT2D eigenvalue weighted by atomic mass is 10.0. The molecule has 0 bridgehead atoms. The molecule has 0 spiro atoms. The molecule has 0 radical (unpaired) electrons. The van der Waals surface area contributed by atoms with Gasteiger partial charge in [0.1, 0.15) is 5.69 Å². The molecule has 2 heterocycles. The Balaban J connectivity index is 2.18. The highest BCUT2D eigenvalue weighted by molar-refractivity contribution is 6.31. The SMILES string of the molecule is COC(=O)c1c(C(F)F)n(CC2CCOCC2)c2ccc(Cl)cc12. The Morgan fingerprint density at radius 2 is 2.12 bits per heavy atom. The smallest absolute Gasteiger partial charge is 0.340 e. The second-order valence-corrected chi connectivity index (χ2v) is 6.32. The summed E-state index contributed by atoms with van der Waals surface area (Å²) in [6, 6.07) is 4.85. The van der Waals surface area contributed by atoms with Crippen molar-refractivity contribution < 1.29 is 23.0 Å². The molecule has 0 saturated carbocycles. The topological polar surface area (TPSA) is 40.5 Å². The molecular formula is C17H18ClF2NO3. The number of esters is 1. The molecule has 4 nitrogen and oxygen atoms in total. The fraction of sp³-hybridized carbons (Fsp3) is 0.471. The van der Waals surface area contributed by atoms with Gasteiger partial charge in [-0.1, -0.05) is 11.6 Å². The van der Waals surface area contributed by atoms with Gasteiger partial charge in [-0.15, -0.1) is 0 Å². The maximum Gasteiger partial charge on any atom is 0.340 e. The number of methoxy groups -OCH3 is 1. The third-order valence-corrected chi connectivity index (χ3v) is 4.68. The highest BCUT2D eigenvalue weighted by Gasteiger charge is 2.30. The Morgan fingerprint density at radius 3 is 2.75 bits per heavy atom. The highest BCUT2D eigenvalue weighted by atomic mass is 35.5. The lowest BCUT2D eigenvalue weighted by Gasteiger charge is -2.24. The molecule has 130 valence electrons. The van der Waals surface area contributed by atoms with Crippen LogP contribution in [0.5, 0.6) is 0 Å². The number of fused-ring (bicyclic) bond motifs is 1. The molecule has 3 rings (SSSR count). The average molecular weight is 358 g/mol. The van der Waals surface area contributed by atoms with Crippen LogP contribution in [0.2, 0.25) is 5.02 Å². The summed E-state index contributed by atoms with van der Waals surface area (Å²) in [6.45, 7) is 1.67. The van der Waals surface area contributed by atoms with Gasteiger partial charge >= 0.3 is 5.97 Å². The van der Waals surface area contributed by atoms with Gasteiger partial charge in [-0.2, -0.15) is 0 Å². The van der Waals surface area contributed by atoms with Crippen molar-refractivity contribution in [3.05, 3.63) is 34.5 Å². The molecule has 7 heteroatoms. The third-order valence-electron chi connectivity index (χ3n) is 4.44. The monoisotopic (exact) mass is 357 g/mol. The number of alkyl halides is 2. The molecule has 2 aromatic rings. The van der Waals surface area contributed by atoms with E-state index in [0.717, 1.165) is 12.8 Å². The van der Waals surface area contributed by atoms with E-state index in [0.29, 0.717) is 35.7 Å². The summed E-state index contributed by atoms with van der Waals surface area (Å²) in [5.74, 6) is -0.545. The number of ether oxygens (including phenoxy) is 2. The number of hydrogen-bond donors (Lipinski definition) is 0. The van der Waals surface area contributed by atoms with E-state index in [4.69, 9.17) is 21.1 Å². The van der Waals surface area contributed by atoms with Gasteiger partial charge in [0.15, 0.2) is 0 Å². The highest BCUT2D eigenvalue weighted by Crippen LogP contribution is 2.36. The lowest BCUT2D eigenvalue weighted by Crippen LogP contribution is -2.21. The Kier molecular flexibility index (Phi) is 5.06. The molecule has 0 atom stereocenters. The quantitative estimate of drug-likeness (QED) is 0.759. The summed E-state index contributed by atoms with van der Waals surface area (Å²) in [5, 5.41) is 0.786. The van der Waals surface area contributed by atoms with E-state index < -0.39 is 12.4 Å². The van der Waals surface area contributed by atoms with E-state index in [2.05, 4.69) is 0 Å². The Bertz CT molecular complexity index is 754. The molecular weight excluding hydrogens is 340 g/mol. The van der Waals surface area contributed by atoms with Gasteiger partial charge < -0.3 is 14.0 Å². The van der Waals surface area contributed by atoms with Gasteiger partial charge in [0.2, 0.25) is 0 Å². The maximum atomic E-state index is 13.8. The Morgan fingerprint density at radius 1 is 1.42 bits per heavy atom. The van der Waals surface area contributed by atoms with Crippen LogP contribution >= 0.6 is 11.6 Å². The number of carbonyl (C=O) groups is 1. The minimum absolute atomic E-state index is 0.0999. The number of aromatic nitrogens is 1. The minimum atomic E-state index is -2.79. The van der Waals surface area contributed by atoms with Gasteiger partial charge in [0, 0.05) is 35.7 Å². The Labute approximate surface area is 143 Å². The van der Waals surface area contributed by atoms with Crippen molar-refractivity contribution in [2.24, 2.45) is 5.92 Å². The molecule has 0 N–H and O–H groups in total. The van der Waals surface area contributed by atoms with Crippen molar-refractivity contribution in [1.82, 2.24) is 4.57 Å². The summed E-state index contributed by atoms with van der Waals surface area (Å²) < 4.78 is 39.2. The van der Waals surface area contributed by atoms with Gasteiger partial charge in [0.05, 0.1) is 12.7 Å². The van der Waals surface area contributed by atoms with Gasteiger partial charge in [-0.05, 0) is 37.0 Å². The van der Waals surface area contributed by atoms with Crippen molar-refractivity contribution in [1.29, 1.82) is 0 Å². The largest absolute Gasteiger partial charge is 0.465 e. The molecule has 0 aliphatic carbocycles. The Hall–Kier alpha value is -1.66. The standard InChI is InChI=1S/C17H18ClF2NO3/c1-23-17(22)14-12-8-11(18)2-3-13(12)21(15(14)16(19)20)9-10-4-6-24-7-5-10/h2-3,8,10,16H,4-7,9H2,1H3. The molecule has 1 fully saturated rings.